The monoisotopic (exact) mass is 526 g/mol. The first-order chi connectivity index (χ1) is 14.9. The highest BCUT2D eigenvalue weighted by Crippen LogP contribution is 2.27. The third-order valence-electron chi connectivity index (χ3n) is 5.21. The van der Waals surface area contributed by atoms with Crippen molar-refractivity contribution in [2.24, 2.45) is 0 Å². The summed E-state index contributed by atoms with van der Waals surface area (Å²) in [6, 6.07) is 15.1. The van der Waals surface area contributed by atoms with E-state index in [2.05, 4.69) is 37.9 Å². The molecular formula is C23H23IN6O. The Hall–Kier alpha value is -3.01. The predicted molar refractivity (Wildman–Crippen MR) is 133 cm³/mol. The summed E-state index contributed by atoms with van der Waals surface area (Å²) in [6.45, 7) is 5.87. The smallest absolute Gasteiger partial charge is 0.266 e. The summed E-state index contributed by atoms with van der Waals surface area (Å²) in [4.78, 5) is 27.2. The minimum atomic E-state index is -0.264. The number of halogens is 1. The summed E-state index contributed by atoms with van der Waals surface area (Å²) in [5, 5.41) is 4.08. The zero-order chi connectivity index (χ0) is 22.1. The molecule has 4 rings (SSSR count). The molecule has 0 aliphatic heterocycles. The van der Waals surface area contributed by atoms with Crippen LogP contribution in [0.4, 0.5) is 11.8 Å². The van der Waals surface area contributed by atoms with E-state index >= 15 is 0 Å². The van der Waals surface area contributed by atoms with Gasteiger partial charge in [0.25, 0.3) is 5.56 Å². The first kappa shape index (κ1) is 21.2. The van der Waals surface area contributed by atoms with Gasteiger partial charge in [-0.3, -0.25) is 9.36 Å². The fourth-order valence-corrected chi connectivity index (χ4v) is 4.06. The molecule has 3 N–H and O–H groups in total. The summed E-state index contributed by atoms with van der Waals surface area (Å²) >= 11 is 2.20. The van der Waals surface area contributed by atoms with Gasteiger partial charge in [-0.25, -0.2) is 9.97 Å². The van der Waals surface area contributed by atoms with Crippen LogP contribution in [0.5, 0.6) is 0 Å². The van der Waals surface area contributed by atoms with Gasteiger partial charge in [0.2, 0.25) is 5.95 Å². The van der Waals surface area contributed by atoms with Crippen molar-refractivity contribution in [3.05, 3.63) is 79.5 Å². The molecule has 0 fully saturated rings. The molecule has 8 heteroatoms. The minimum absolute atomic E-state index is 0.0855. The highest BCUT2D eigenvalue weighted by Gasteiger charge is 2.22. The Morgan fingerprint density at radius 1 is 1.06 bits per heavy atom. The lowest BCUT2D eigenvalue weighted by Crippen LogP contribution is -2.29. The number of anilines is 2. The predicted octanol–water partition coefficient (Wildman–Crippen LogP) is 4.54. The molecule has 0 amide bonds. The molecule has 2 heterocycles. The van der Waals surface area contributed by atoms with E-state index in [1.54, 1.807) is 4.57 Å². The second kappa shape index (κ2) is 8.62. The van der Waals surface area contributed by atoms with E-state index in [1.807, 2.05) is 69.3 Å². The molecule has 2 aromatic heterocycles. The van der Waals surface area contributed by atoms with E-state index in [-0.39, 0.29) is 17.5 Å². The Labute approximate surface area is 193 Å². The lowest BCUT2D eigenvalue weighted by molar-refractivity contribution is 0.657. The van der Waals surface area contributed by atoms with Gasteiger partial charge in [-0.2, -0.15) is 4.98 Å². The standard InChI is InChI=1S/C23H23IN6O/c1-4-16(27-20-19(24)14(3)26-23(25)29-20)21-28-17-12-8-9-13(2)18(17)22(31)30(21)15-10-6-5-7-11-15/h5-12,16H,4H2,1-3H3,(H3,25,26,27,29). The number of nitrogens with zero attached hydrogens (tertiary/aromatic N) is 4. The maximum Gasteiger partial charge on any atom is 0.266 e. The summed E-state index contributed by atoms with van der Waals surface area (Å²) in [6.07, 6.45) is 0.690. The average molecular weight is 526 g/mol. The van der Waals surface area contributed by atoms with Crippen LogP contribution >= 0.6 is 22.6 Å². The summed E-state index contributed by atoms with van der Waals surface area (Å²) < 4.78 is 2.58. The molecule has 0 spiro atoms. The number of fused-ring (bicyclic) bond motifs is 1. The molecule has 1 atom stereocenters. The molecule has 7 nitrogen and oxygen atoms in total. The third kappa shape index (κ3) is 3.99. The van der Waals surface area contributed by atoms with Crippen molar-refractivity contribution in [1.82, 2.24) is 19.5 Å². The van der Waals surface area contributed by atoms with E-state index in [0.29, 0.717) is 29.0 Å². The van der Waals surface area contributed by atoms with Crippen molar-refractivity contribution in [2.75, 3.05) is 11.1 Å². The molecule has 0 aliphatic carbocycles. The Kier molecular flexibility index (Phi) is 5.90. The van der Waals surface area contributed by atoms with Crippen LogP contribution in [0.1, 0.15) is 36.5 Å². The summed E-state index contributed by atoms with van der Waals surface area (Å²) in [5.74, 6) is 1.47. The number of para-hydroxylation sites is 1. The minimum Gasteiger partial charge on any atom is -0.368 e. The van der Waals surface area contributed by atoms with E-state index in [4.69, 9.17) is 10.7 Å². The third-order valence-corrected chi connectivity index (χ3v) is 6.50. The van der Waals surface area contributed by atoms with Gasteiger partial charge in [0.1, 0.15) is 11.6 Å². The molecule has 0 saturated heterocycles. The van der Waals surface area contributed by atoms with E-state index in [1.165, 1.54) is 0 Å². The van der Waals surface area contributed by atoms with Crippen molar-refractivity contribution in [3.8, 4) is 5.69 Å². The van der Waals surface area contributed by atoms with Crippen LogP contribution in [-0.2, 0) is 0 Å². The van der Waals surface area contributed by atoms with Gasteiger partial charge >= 0.3 is 0 Å². The maximum atomic E-state index is 13.7. The lowest BCUT2D eigenvalue weighted by Gasteiger charge is -2.23. The molecule has 0 radical (unpaired) electrons. The Bertz CT molecular complexity index is 1320. The molecule has 0 aliphatic rings. The SMILES string of the molecule is CCC(Nc1nc(N)nc(C)c1I)c1nc2cccc(C)c2c(=O)n1-c1ccccc1. The number of aromatic nitrogens is 4. The highest BCUT2D eigenvalue weighted by molar-refractivity contribution is 14.1. The number of rotatable bonds is 5. The van der Waals surface area contributed by atoms with E-state index < -0.39 is 0 Å². The van der Waals surface area contributed by atoms with Gasteiger partial charge in [-0.1, -0.05) is 37.3 Å². The highest BCUT2D eigenvalue weighted by atomic mass is 127. The van der Waals surface area contributed by atoms with Gasteiger partial charge in [0, 0.05) is 0 Å². The fraction of sp³-hybridized carbons (Fsp3) is 0.217. The van der Waals surface area contributed by atoms with Gasteiger partial charge in [-0.05, 0) is 66.6 Å². The first-order valence-corrected chi connectivity index (χ1v) is 11.1. The first-order valence-electron chi connectivity index (χ1n) is 10.0. The number of hydrogen-bond acceptors (Lipinski definition) is 6. The number of benzene rings is 2. The van der Waals surface area contributed by atoms with E-state index in [0.717, 1.165) is 20.5 Å². The number of aryl methyl sites for hydroxylation is 2. The summed E-state index contributed by atoms with van der Waals surface area (Å²) in [5.41, 5.74) is 8.95. The number of nitrogens with two attached hydrogens (primary N) is 1. The molecule has 0 saturated carbocycles. The second-order valence-electron chi connectivity index (χ2n) is 7.35. The van der Waals surface area contributed by atoms with Crippen molar-refractivity contribution in [1.29, 1.82) is 0 Å². The van der Waals surface area contributed by atoms with Crippen LogP contribution in [0, 0.1) is 17.4 Å². The van der Waals surface area contributed by atoms with Crippen LogP contribution in [0.25, 0.3) is 16.6 Å². The second-order valence-corrected chi connectivity index (χ2v) is 8.43. The number of nitrogens with one attached hydrogen (secondary N) is 1. The summed E-state index contributed by atoms with van der Waals surface area (Å²) in [7, 11) is 0. The Morgan fingerprint density at radius 3 is 2.52 bits per heavy atom. The van der Waals surface area contributed by atoms with E-state index in [9.17, 15) is 4.79 Å². The van der Waals surface area contributed by atoms with Crippen LogP contribution < -0.4 is 16.6 Å². The maximum absolute atomic E-state index is 13.7. The van der Waals surface area contributed by atoms with Gasteiger partial charge < -0.3 is 11.1 Å². The largest absolute Gasteiger partial charge is 0.368 e. The molecule has 1 unspecified atom stereocenters. The lowest BCUT2D eigenvalue weighted by atomic mass is 10.1. The van der Waals surface area contributed by atoms with Crippen LogP contribution in [0.15, 0.2) is 53.3 Å². The van der Waals surface area contributed by atoms with Crippen LogP contribution in [0.3, 0.4) is 0 Å². The Morgan fingerprint density at radius 2 is 1.81 bits per heavy atom. The fourth-order valence-electron chi connectivity index (χ4n) is 3.66. The molecular weight excluding hydrogens is 503 g/mol. The zero-order valence-electron chi connectivity index (χ0n) is 17.6. The van der Waals surface area contributed by atoms with Crippen molar-refractivity contribution < 1.29 is 0 Å². The topological polar surface area (TPSA) is 98.7 Å². The van der Waals surface area contributed by atoms with Gasteiger partial charge in [-0.15, -0.1) is 0 Å². The van der Waals surface area contributed by atoms with Crippen molar-refractivity contribution >= 4 is 45.3 Å². The average Bonchev–Trinajstić information content (AvgIpc) is 2.75. The molecule has 2 aromatic carbocycles. The van der Waals surface area contributed by atoms with Gasteiger partial charge in [0.05, 0.1) is 31.9 Å². The van der Waals surface area contributed by atoms with Crippen LogP contribution in [0.2, 0.25) is 0 Å². The van der Waals surface area contributed by atoms with Gasteiger partial charge in [0.15, 0.2) is 0 Å². The molecule has 4 aromatic rings. The zero-order valence-corrected chi connectivity index (χ0v) is 19.7. The Balaban J connectivity index is 1.96. The normalized spacial score (nSPS) is 12.1. The molecule has 31 heavy (non-hydrogen) atoms. The van der Waals surface area contributed by atoms with Crippen LogP contribution in [-0.4, -0.2) is 19.5 Å². The molecule has 0 bridgehead atoms. The molecule has 158 valence electrons. The quantitative estimate of drug-likeness (QED) is 0.371. The van der Waals surface area contributed by atoms with Crippen molar-refractivity contribution in [3.63, 3.8) is 0 Å². The van der Waals surface area contributed by atoms with Crippen molar-refractivity contribution in [2.45, 2.75) is 33.2 Å². The number of hydrogen-bond donors (Lipinski definition) is 2. The number of nitrogen functional groups attached to an aromatic ring is 1.